The quantitative estimate of drug-likeness (QED) is 0.493. The molecule has 0 saturated heterocycles. The van der Waals surface area contributed by atoms with Crippen LogP contribution in [0.4, 0.5) is 10.2 Å². The highest BCUT2D eigenvalue weighted by Crippen LogP contribution is 2.21. The van der Waals surface area contributed by atoms with Crippen LogP contribution in [0.1, 0.15) is 33.3 Å². The van der Waals surface area contributed by atoms with E-state index >= 15 is 0 Å². The van der Waals surface area contributed by atoms with Gasteiger partial charge >= 0.3 is 0 Å². The van der Waals surface area contributed by atoms with Gasteiger partial charge in [0.2, 0.25) is 0 Å². The number of anilines is 1. The van der Waals surface area contributed by atoms with E-state index in [4.69, 9.17) is 16.0 Å². The van der Waals surface area contributed by atoms with Gasteiger partial charge in [-0.2, -0.15) is 10.2 Å². The molecule has 0 aliphatic rings. The Morgan fingerprint density at radius 3 is 2.73 bits per heavy atom. The summed E-state index contributed by atoms with van der Waals surface area (Å²) in [5, 5.41) is 11.6. The minimum absolute atomic E-state index is 0.141. The summed E-state index contributed by atoms with van der Waals surface area (Å²) >= 11 is 6.19. The van der Waals surface area contributed by atoms with Gasteiger partial charge in [0.25, 0.3) is 5.91 Å². The van der Waals surface area contributed by atoms with E-state index in [0.717, 1.165) is 17.0 Å². The lowest BCUT2D eigenvalue weighted by molar-refractivity contribution is 0.0994. The summed E-state index contributed by atoms with van der Waals surface area (Å²) in [7, 11) is 0. The molecule has 0 fully saturated rings. The fourth-order valence-electron chi connectivity index (χ4n) is 3.12. The van der Waals surface area contributed by atoms with E-state index in [9.17, 15) is 9.18 Å². The highest BCUT2D eigenvalue weighted by molar-refractivity contribution is 6.33. The number of carbonyl (C=O) groups is 1. The number of aromatic nitrogens is 4. The Morgan fingerprint density at radius 1 is 1.17 bits per heavy atom. The molecule has 3 heterocycles. The Balaban J connectivity index is 1.43. The summed E-state index contributed by atoms with van der Waals surface area (Å²) < 4.78 is 22.3. The molecule has 0 aliphatic heterocycles. The molecule has 7 nitrogen and oxygen atoms in total. The number of aryl methyl sites for hydroxylation is 2. The van der Waals surface area contributed by atoms with Gasteiger partial charge in [-0.15, -0.1) is 0 Å². The van der Waals surface area contributed by atoms with Crippen molar-refractivity contribution < 1.29 is 13.6 Å². The normalized spacial score (nSPS) is 11.1. The van der Waals surface area contributed by atoms with Crippen molar-refractivity contribution in [3.05, 3.63) is 88.0 Å². The number of halogens is 2. The Bertz CT molecular complexity index is 1210. The molecule has 0 spiro atoms. The Hall–Kier alpha value is -3.39. The molecule has 3 aromatic heterocycles. The van der Waals surface area contributed by atoms with Gasteiger partial charge in [-0.05, 0) is 49.7 Å². The molecule has 0 bridgehead atoms. The highest BCUT2D eigenvalue weighted by Gasteiger charge is 2.16. The zero-order chi connectivity index (χ0) is 21.3. The van der Waals surface area contributed by atoms with Gasteiger partial charge in [-0.1, -0.05) is 23.7 Å². The number of rotatable bonds is 6. The van der Waals surface area contributed by atoms with Gasteiger partial charge in [0.05, 0.1) is 18.8 Å². The van der Waals surface area contributed by atoms with Crippen molar-refractivity contribution in [1.29, 1.82) is 0 Å². The van der Waals surface area contributed by atoms with Gasteiger partial charge in [0.1, 0.15) is 16.6 Å². The van der Waals surface area contributed by atoms with E-state index < -0.39 is 5.91 Å². The first-order valence-electron chi connectivity index (χ1n) is 9.26. The molecule has 154 valence electrons. The first-order valence-corrected chi connectivity index (χ1v) is 9.63. The minimum Gasteiger partial charge on any atom is -0.454 e. The highest BCUT2D eigenvalue weighted by atomic mass is 35.5. The molecule has 0 unspecified atom stereocenters. The maximum atomic E-state index is 13.3. The summed E-state index contributed by atoms with van der Waals surface area (Å²) in [6.07, 6.45) is 1.57. The Kier molecular flexibility index (Phi) is 5.41. The molecule has 1 aromatic carbocycles. The van der Waals surface area contributed by atoms with Gasteiger partial charge in [0, 0.05) is 11.9 Å². The largest absolute Gasteiger partial charge is 0.454 e. The van der Waals surface area contributed by atoms with Crippen LogP contribution in [0.5, 0.6) is 0 Å². The van der Waals surface area contributed by atoms with Gasteiger partial charge in [-0.25, -0.2) is 4.39 Å². The lowest BCUT2D eigenvalue weighted by atomic mass is 10.2. The first kappa shape index (κ1) is 19.9. The monoisotopic (exact) mass is 427 g/mol. The summed E-state index contributed by atoms with van der Waals surface area (Å²) in [5.41, 5.74) is 2.65. The standard InChI is InChI=1S/C21H19ClFN5O2/c1-13-8-14(2)28(25-13)11-17-6-7-19(30-17)21(29)24-20-18(22)12-27(26-20)10-15-4-3-5-16(23)9-15/h3-9,12H,10-11H2,1-2H3,(H,24,26,29). The number of carbonyl (C=O) groups excluding carboxylic acids is 1. The van der Waals surface area contributed by atoms with Crippen LogP contribution >= 0.6 is 11.6 Å². The lowest BCUT2D eigenvalue weighted by Gasteiger charge is -2.03. The van der Waals surface area contributed by atoms with Gasteiger partial charge in [0.15, 0.2) is 11.6 Å². The molecule has 0 atom stereocenters. The van der Waals surface area contributed by atoms with Crippen molar-refractivity contribution in [3.63, 3.8) is 0 Å². The van der Waals surface area contributed by atoms with Crippen LogP contribution in [0.15, 0.2) is 53.1 Å². The van der Waals surface area contributed by atoms with Crippen molar-refractivity contribution in [2.75, 3.05) is 5.32 Å². The summed E-state index contributed by atoms with van der Waals surface area (Å²) in [5.74, 6) is 0.159. The number of amides is 1. The summed E-state index contributed by atoms with van der Waals surface area (Å²) in [6.45, 7) is 4.62. The molecular weight excluding hydrogens is 409 g/mol. The zero-order valence-electron chi connectivity index (χ0n) is 16.4. The van der Waals surface area contributed by atoms with Gasteiger partial charge < -0.3 is 9.73 Å². The predicted octanol–water partition coefficient (Wildman–Crippen LogP) is 4.43. The Morgan fingerprint density at radius 2 is 2.00 bits per heavy atom. The van der Waals surface area contributed by atoms with E-state index in [0.29, 0.717) is 18.8 Å². The van der Waals surface area contributed by atoms with Crippen molar-refractivity contribution in [1.82, 2.24) is 19.6 Å². The van der Waals surface area contributed by atoms with E-state index in [1.807, 2.05) is 19.9 Å². The van der Waals surface area contributed by atoms with Crippen molar-refractivity contribution in [2.24, 2.45) is 0 Å². The Labute approximate surface area is 177 Å². The second kappa shape index (κ2) is 8.16. The number of hydrogen-bond donors (Lipinski definition) is 1. The van der Waals surface area contributed by atoms with Crippen LogP contribution in [0.2, 0.25) is 5.02 Å². The number of benzene rings is 1. The molecule has 4 rings (SSSR count). The summed E-state index contributed by atoms with van der Waals surface area (Å²) in [6, 6.07) is 11.5. The number of nitrogens with zero attached hydrogens (tertiary/aromatic N) is 4. The third-order valence-corrected chi connectivity index (χ3v) is 4.75. The molecule has 0 radical (unpaired) electrons. The van der Waals surface area contributed by atoms with E-state index in [1.165, 1.54) is 16.8 Å². The van der Waals surface area contributed by atoms with E-state index in [2.05, 4.69) is 15.5 Å². The third kappa shape index (κ3) is 4.44. The summed E-state index contributed by atoms with van der Waals surface area (Å²) in [4.78, 5) is 12.5. The van der Waals surface area contributed by atoms with Crippen LogP contribution in [0.3, 0.4) is 0 Å². The lowest BCUT2D eigenvalue weighted by Crippen LogP contribution is -2.12. The molecule has 0 saturated carbocycles. The maximum absolute atomic E-state index is 13.3. The second-order valence-corrected chi connectivity index (χ2v) is 7.37. The van der Waals surface area contributed by atoms with Crippen LogP contribution in [0.25, 0.3) is 0 Å². The topological polar surface area (TPSA) is 77.9 Å². The fraction of sp³-hybridized carbons (Fsp3) is 0.190. The number of nitrogens with one attached hydrogen (secondary N) is 1. The van der Waals surface area contributed by atoms with Crippen molar-refractivity contribution in [3.8, 4) is 0 Å². The molecule has 1 amide bonds. The average Bonchev–Trinajstić information content (AvgIpc) is 3.36. The molecule has 0 aliphatic carbocycles. The predicted molar refractivity (Wildman–Crippen MR) is 110 cm³/mol. The van der Waals surface area contributed by atoms with Crippen LogP contribution in [-0.2, 0) is 13.1 Å². The van der Waals surface area contributed by atoms with E-state index in [-0.39, 0.29) is 22.4 Å². The van der Waals surface area contributed by atoms with Crippen LogP contribution in [0, 0.1) is 19.7 Å². The number of hydrogen-bond acceptors (Lipinski definition) is 4. The average molecular weight is 428 g/mol. The fourth-order valence-corrected chi connectivity index (χ4v) is 3.32. The first-order chi connectivity index (χ1) is 14.4. The van der Waals surface area contributed by atoms with Crippen LogP contribution < -0.4 is 5.32 Å². The number of furan rings is 1. The molecular formula is C21H19ClFN5O2. The maximum Gasteiger partial charge on any atom is 0.292 e. The van der Waals surface area contributed by atoms with Crippen molar-refractivity contribution in [2.45, 2.75) is 26.9 Å². The molecule has 1 N–H and O–H groups in total. The molecule has 9 heteroatoms. The van der Waals surface area contributed by atoms with Gasteiger partial charge in [-0.3, -0.25) is 14.2 Å². The van der Waals surface area contributed by atoms with E-state index in [1.54, 1.807) is 35.1 Å². The van der Waals surface area contributed by atoms with Crippen LogP contribution in [-0.4, -0.2) is 25.5 Å². The third-order valence-electron chi connectivity index (χ3n) is 4.48. The SMILES string of the molecule is Cc1cc(C)n(Cc2ccc(C(=O)Nc3nn(Cc4cccc(F)c4)cc3Cl)o2)n1. The second-order valence-electron chi connectivity index (χ2n) is 6.96. The van der Waals surface area contributed by atoms with Crippen molar-refractivity contribution >= 4 is 23.3 Å². The molecule has 4 aromatic rings. The zero-order valence-corrected chi connectivity index (χ0v) is 17.2. The minimum atomic E-state index is -0.465. The molecule has 30 heavy (non-hydrogen) atoms. The smallest absolute Gasteiger partial charge is 0.292 e.